The first-order chi connectivity index (χ1) is 9.06. The second-order valence-corrected chi connectivity index (χ2v) is 4.31. The van der Waals surface area contributed by atoms with Gasteiger partial charge >= 0.3 is 0 Å². The van der Waals surface area contributed by atoms with Crippen LogP contribution in [-0.4, -0.2) is 31.9 Å². The van der Waals surface area contributed by atoms with Crippen LogP contribution in [0, 0.1) is 0 Å². The molecule has 6 nitrogen and oxygen atoms in total. The van der Waals surface area contributed by atoms with E-state index in [9.17, 15) is 15.0 Å². The maximum Gasteiger partial charge on any atom is 0.251 e. The van der Waals surface area contributed by atoms with Crippen molar-refractivity contribution in [2.45, 2.75) is 19.5 Å². The summed E-state index contributed by atoms with van der Waals surface area (Å²) in [5.41, 5.74) is 0.294. The van der Waals surface area contributed by atoms with Crippen LogP contribution in [0.1, 0.15) is 17.3 Å². The summed E-state index contributed by atoms with van der Waals surface area (Å²) in [6.07, 6.45) is 3.49. The fourth-order valence-electron chi connectivity index (χ4n) is 1.71. The van der Waals surface area contributed by atoms with Gasteiger partial charge in [0.1, 0.15) is 0 Å². The van der Waals surface area contributed by atoms with Crippen molar-refractivity contribution in [3.63, 3.8) is 0 Å². The summed E-state index contributed by atoms with van der Waals surface area (Å²) in [6.45, 7) is 2.42. The molecule has 1 unspecified atom stereocenters. The van der Waals surface area contributed by atoms with E-state index in [4.69, 9.17) is 0 Å². The first-order valence-electron chi connectivity index (χ1n) is 5.86. The molecule has 1 heterocycles. The number of nitrogens with one attached hydrogen (secondary N) is 1. The molecule has 0 fully saturated rings. The third-order valence-corrected chi connectivity index (χ3v) is 2.64. The van der Waals surface area contributed by atoms with E-state index in [0.29, 0.717) is 12.1 Å². The Morgan fingerprint density at radius 1 is 1.42 bits per heavy atom. The molecule has 0 aliphatic heterocycles. The number of phenolic OH excluding ortho intramolecular Hbond substituents is 2. The number of phenols is 2. The van der Waals surface area contributed by atoms with Crippen molar-refractivity contribution in [2.24, 2.45) is 0 Å². The van der Waals surface area contributed by atoms with Gasteiger partial charge in [0, 0.05) is 24.0 Å². The van der Waals surface area contributed by atoms with Crippen molar-refractivity contribution in [3.8, 4) is 11.5 Å². The van der Waals surface area contributed by atoms with Crippen LogP contribution in [0.15, 0.2) is 36.7 Å². The highest BCUT2D eigenvalue weighted by Gasteiger charge is 2.12. The van der Waals surface area contributed by atoms with E-state index < -0.39 is 0 Å². The van der Waals surface area contributed by atoms with Crippen molar-refractivity contribution in [3.05, 3.63) is 42.2 Å². The van der Waals surface area contributed by atoms with Gasteiger partial charge in [0.15, 0.2) is 11.5 Å². The van der Waals surface area contributed by atoms with Crippen LogP contribution in [0.5, 0.6) is 11.5 Å². The second kappa shape index (κ2) is 5.43. The predicted molar refractivity (Wildman–Crippen MR) is 68.9 cm³/mol. The SMILES string of the molecule is CC(Cn1cccn1)NC(=O)c1ccc(O)c(O)c1. The van der Waals surface area contributed by atoms with Crippen molar-refractivity contribution in [2.75, 3.05) is 0 Å². The van der Waals surface area contributed by atoms with E-state index in [1.807, 2.05) is 19.2 Å². The molecule has 1 aromatic carbocycles. The zero-order chi connectivity index (χ0) is 13.8. The Balaban J connectivity index is 1.98. The van der Waals surface area contributed by atoms with Gasteiger partial charge in [0.05, 0.1) is 6.54 Å². The number of rotatable bonds is 4. The Hall–Kier alpha value is -2.50. The summed E-state index contributed by atoms with van der Waals surface area (Å²) in [6, 6.07) is 5.66. The summed E-state index contributed by atoms with van der Waals surface area (Å²) >= 11 is 0. The van der Waals surface area contributed by atoms with Gasteiger partial charge in [0.2, 0.25) is 0 Å². The summed E-state index contributed by atoms with van der Waals surface area (Å²) < 4.78 is 1.72. The van der Waals surface area contributed by atoms with E-state index in [2.05, 4.69) is 10.4 Å². The summed E-state index contributed by atoms with van der Waals surface area (Å²) in [5.74, 6) is -0.872. The minimum absolute atomic E-state index is 0.108. The lowest BCUT2D eigenvalue weighted by Gasteiger charge is -2.14. The van der Waals surface area contributed by atoms with Gasteiger partial charge in [-0.25, -0.2) is 0 Å². The lowest BCUT2D eigenvalue weighted by Crippen LogP contribution is -2.35. The number of benzene rings is 1. The molecule has 0 saturated heterocycles. The van der Waals surface area contributed by atoms with Crippen molar-refractivity contribution in [1.82, 2.24) is 15.1 Å². The van der Waals surface area contributed by atoms with E-state index in [0.717, 1.165) is 0 Å². The van der Waals surface area contributed by atoms with E-state index in [-0.39, 0.29) is 23.4 Å². The molecule has 0 bridgehead atoms. The highest BCUT2D eigenvalue weighted by molar-refractivity contribution is 5.95. The van der Waals surface area contributed by atoms with E-state index >= 15 is 0 Å². The fraction of sp³-hybridized carbons (Fsp3) is 0.231. The first-order valence-corrected chi connectivity index (χ1v) is 5.86. The summed E-state index contributed by atoms with van der Waals surface area (Å²) in [4.78, 5) is 11.9. The average Bonchev–Trinajstić information content (AvgIpc) is 2.85. The number of aromatic hydroxyl groups is 2. The number of hydrogen-bond acceptors (Lipinski definition) is 4. The van der Waals surface area contributed by atoms with Gasteiger partial charge in [0.25, 0.3) is 5.91 Å². The van der Waals surface area contributed by atoms with Gasteiger partial charge in [-0.2, -0.15) is 5.10 Å². The van der Waals surface area contributed by atoms with Crippen LogP contribution in [0.4, 0.5) is 0 Å². The minimum Gasteiger partial charge on any atom is -0.504 e. The largest absolute Gasteiger partial charge is 0.504 e. The molecule has 1 amide bonds. The molecule has 0 saturated carbocycles. The van der Waals surface area contributed by atoms with Crippen molar-refractivity contribution >= 4 is 5.91 Å². The molecule has 0 aliphatic carbocycles. The molecular weight excluding hydrogens is 246 g/mol. The van der Waals surface area contributed by atoms with Gasteiger partial charge in [-0.3, -0.25) is 9.48 Å². The minimum atomic E-state index is -0.313. The molecule has 19 heavy (non-hydrogen) atoms. The average molecular weight is 261 g/mol. The Bertz CT molecular complexity index is 567. The number of nitrogens with zero attached hydrogens (tertiary/aromatic N) is 2. The molecule has 6 heteroatoms. The Labute approximate surface area is 110 Å². The van der Waals surface area contributed by atoms with Gasteiger partial charge in [-0.05, 0) is 31.2 Å². The Morgan fingerprint density at radius 2 is 2.21 bits per heavy atom. The number of hydrogen-bond donors (Lipinski definition) is 3. The van der Waals surface area contributed by atoms with Crippen LogP contribution < -0.4 is 5.32 Å². The van der Waals surface area contributed by atoms with Crippen LogP contribution in [0.25, 0.3) is 0 Å². The maximum atomic E-state index is 11.9. The molecular formula is C13H15N3O3. The molecule has 2 rings (SSSR count). The zero-order valence-electron chi connectivity index (χ0n) is 10.4. The van der Waals surface area contributed by atoms with Gasteiger partial charge in [-0.1, -0.05) is 0 Å². The predicted octanol–water partition coefficient (Wildman–Crippen LogP) is 1.11. The van der Waals surface area contributed by atoms with Crippen LogP contribution >= 0.6 is 0 Å². The lowest BCUT2D eigenvalue weighted by molar-refractivity contribution is 0.0935. The fourth-order valence-corrected chi connectivity index (χ4v) is 1.71. The summed E-state index contributed by atoms with van der Waals surface area (Å²) in [7, 11) is 0. The lowest BCUT2D eigenvalue weighted by atomic mass is 10.2. The molecule has 2 aromatic rings. The smallest absolute Gasteiger partial charge is 0.251 e. The first kappa shape index (κ1) is 12.9. The Kier molecular flexibility index (Phi) is 3.70. The normalized spacial score (nSPS) is 12.1. The van der Waals surface area contributed by atoms with Crippen LogP contribution in [0.2, 0.25) is 0 Å². The van der Waals surface area contributed by atoms with Crippen LogP contribution in [-0.2, 0) is 6.54 Å². The zero-order valence-corrected chi connectivity index (χ0v) is 10.4. The quantitative estimate of drug-likeness (QED) is 0.719. The number of carbonyl (C=O) groups excluding carboxylic acids is 1. The van der Waals surface area contributed by atoms with Crippen molar-refractivity contribution < 1.29 is 15.0 Å². The Morgan fingerprint density at radius 3 is 2.84 bits per heavy atom. The van der Waals surface area contributed by atoms with Gasteiger partial charge in [-0.15, -0.1) is 0 Å². The number of amides is 1. The molecule has 3 N–H and O–H groups in total. The number of aromatic nitrogens is 2. The van der Waals surface area contributed by atoms with Gasteiger partial charge < -0.3 is 15.5 Å². The second-order valence-electron chi connectivity index (χ2n) is 4.31. The third-order valence-electron chi connectivity index (χ3n) is 2.64. The van der Waals surface area contributed by atoms with Crippen molar-refractivity contribution in [1.29, 1.82) is 0 Å². The molecule has 1 atom stereocenters. The summed E-state index contributed by atoms with van der Waals surface area (Å²) in [5, 5.41) is 25.4. The molecule has 100 valence electrons. The molecule has 0 spiro atoms. The highest BCUT2D eigenvalue weighted by Crippen LogP contribution is 2.24. The molecule has 1 aromatic heterocycles. The van der Waals surface area contributed by atoms with E-state index in [1.54, 1.807) is 10.9 Å². The standard InChI is InChI=1S/C13H15N3O3/c1-9(8-16-6-2-5-14-16)15-13(19)10-3-4-11(17)12(18)7-10/h2-7,9,17-18H,8H2,1H3,(H,15,19). The highest BCUT2D eigenvalue weighted by atomic mass is 16.3. The molecule has 0 aliphatic rings. The topological polar surface area (TPSA) is 87.4 Å². The monoisotopic (exact) mass is 261 g/mol. The molecule has 0 radical (unpaired) electrons. The maximum absolute atomic E-state index is 11.9. The third kappa shape index (κ3) is 3.25. The van der Waals surface area contributed by atoms with E-state index in [1.165, 1.54) is 18.2 Å². The number of carbonyl (C=O) groups is 1. The van der Waals surface area contributed by atoms with Crippen LogP contribution in [0.3, 0.4) is 0 Å².